The molecule has 6 heteroatoms. The fourth-order valence-corrected chi connectivity index (χ4v) is 4.15. The average Bonchev–Trinajstić information content (AvgIpc) is 2.46. The van der Waals surface area contributed by atoms with Crippen molar-refractivity contribution in [3.8, 4) is 11.5 Å². The van der Waals surface area contributed by atoms with E-state index < -0.39 is 9.84 Å². The van der Waals surface area contributed by atoms with Crippen molar-refractivity contribution < 1.29 is 17.9 Å². The van der Waals surface area contributed by atoms with Gasteiger partial charge in [-0.05, 0) is 24.3 Å². The van der Waals surface area contributed by atoms with Gasteiger partial charge < -0.3 is 4.74 Å². The second-order valence-electron chi connectivity index (χ2n) is 4.24. The highest BCUT2D eigenvalue weighted by Gasteiger charge is 2.34. The van der Waals surface area contributed by atoms with Gasteiger partial charge in [0, 0.05) is 5.56 Å². The van der Waals surface area contributed by atoms with E-state index in [0.717, 1.165) is 0 Å². The van der Waals surface area contributed by atoms with Crippen molar-refractivity contribution in [1.82, 2.24) is 0 Å². The molecule has 0 fully saturated rings. The summed E-state index contributed by atoms with van der Waals surface area (Å²) in [6, 6.07) is 11.0. The first kappa shape index (κ1) is 13.3. The van der Waals surface area contributed by atoms with Gasteiger partial charge in [-0.3, -0.25) is 4.79 Å². The summed E-state index contributed by atoms with van der Waals surface area (Å²) in [7, 11) is -3.75. The van der Waals surface area contributed by atoms with Crippen LogP contribution in [-0.4, -0.2) is 19.5 Å². The van der Waals surface area contributed by atoms with Crippen molar-refractivity contribution in [2.45, 2.75) is 9.79 Å². The average molecular weight is 353 g/mol. The van der Waals surface area contributed by atoms with E-state index in [1.165, 1.54) is 12.1 Å². The molecule has 0 saturated carbocycles. The normalized spacial score (nSPS) is 14.8. The highest BCUT2D eigenvalue weighted by atomic mass is 79.9. The predicted molar refractivity (Wildman–Crippen MR) is 76.5 cm³/mol. The van der Waals surface area contributed by atoms with E-state index >= 15 is 0 Å². The lowest BCUT2D eigenvalue weighted by molar-refractivity contribution is 0.102. The number of hydrogen-bond donors (Lipinski definition) is 0. The summed E-state index contributed by atoms with van der Waals surface area (Å²) >= 11 is 3.06. The molecule has 0 spiro atoms. The van der Waals surface area contributed by atoms with Crippen LogP contribution in [0.3, 0.4) is 0 Å². The van der Waals surface area contributed by atoms with E-state index in [-0.39, 0.29) is 38.0 Å². The van der Waals surface area contributed by atoms with Crippen LogP contribution in [0.25, 0.3) is 0 Å². The molecule has 0 atom stereocenters. The van der Waals surface area contributed by atoms with Gasteiger partial charge in [0.25, 0.3) is 0 Å². The van der Waals surface area contributed by atoms with Gasteiger partial charge in [-0.1, -0.05) is 34.1 Å². The summed E-state index contributed by atoms with van der Waals surface area (Å²) < 4.78 is 31.0. The van der Waals surface area contributed by atoms with Crippen molar-refractivity contribution in [2.24, 2.45) is 0 Å². The van der Waals surface area contributed by atoms with Crippen LogP contribution in [0.15, 0.2) is 52.3 Å². The SMILES string of the molecule is O=C(CBr)c1cccc2c1S(=O)(=O)c1ccccc1O2. The zero-order chi connectivity index (χ0) is 14.3. The maximum Gasteiger partial charge on any atom is 0.214 e. The van der Waals surface area contributed by atoms with E-state index in [9.17, 15) is 13.2 Å². The Morgan fingerprint density at radius 2 is 1.75 bits per heavy atom. The van der Waals surface area contributed by atoms with Crippen LogP contribution >= 0.6 is 15.9 Å². The van der Waals surface area contributed by atoms with Crippen LogP contribution in [0.4, 0.5) is 0 Å². The number of benzene rings is 2. The van der Waals surface area contributed by atoms with Gasteiger partial charge in [0.2, 0.25) is 9.84 Å². The summed E-state index contributed by atoms with van der Waals surface area (Å²) in [6.07, 6.45) is 0. The standard InChI is InChI=1S/C14H9BrO4S/c15-8-10(16)9-4-3-6-12-14(9)20(17,18)13-7-2-1-5-11(13)19-12/h1-7H,8H2. The van der Waals surface area contributed by atoms with Gasteiger partial charge in [-0.25, -0.2) is 8.42 Å². The van der Waals surface area contributed by atoms with Crippen molar-refractivity contribution in [3.63, 3.8) is 0 Å². The van der Waals surface area contributed by atoms with E-state index in [1.807, 2.05) is 0 Å². The topological polar surface area (TPSA) is 60.4 Å². The number of hydrogen-bond acceptors (Lipinski definition) is 4. The number of ether oxygens (including phenoxy) is 1. The van der Waals surface area contributed by atoms with Crippen LogP contribution < -0.4 is 4.74 Å². The van der Waals surface area contributed by atoms with Gasteiger partial charge >= 0.3 is 0 Å². The van der Waals surface area contributed by atoms with E-state index in [2.05, 4.69) is 15.9 Å². The maximum atomic E-state index is 12.7. The highest BCUT2D eigenvalue weighted by Crippen LogP contribution is 2.43. The van der Waals surface area contributed by atoms with Crippen molar-refractivity contribution in [3.05, 3.63) is 48.0 Å². The number of fused-ring (bicyclic) bond motifs is 2. The van der Waals surface area contributed by atoms with Gasteiger partial charge in [0.15, 0.2) is 5.78 Å². The molecule has 0 bridgehead atoms. The Kier molecular flexibility index (Phi) is 3.14. The molecule has 0 aliphatic carbocycles. The Hall–Kier alpha value is -1.66. The molecule has 0 amide bonds. The molecule has 0 N–H and O–H groups in total. The molecule has 0 saturated heterocycles. The number of sulfone groups is 1. The molecular weight excluding hydrogens is 344 g/mol. The molecule has 0 aromatic heterocycles. The summed E-state index contributed by atoms with van der Waals surface area (Å²) in [4.78, 5) is 12.0. The highest BCUT2D eigenvalue weighted by molar-refractivity contribution is 9.09. The molecule has 1 aliphatic rings. The molecule has 1 heterocycles. The molecule has 0 radical (unpaired) electrons. The third-order valence-electron chi connectivity index (χ3n) is 3.03. The smallest absolute Gasteiger partial charge is 0.214 e. The Morgan fingerprint density at radius 1 is 1.05 bits per heavy atom. The monoisotopic (exact) mass is 352 g/mol. The summed E-state index contributed by atoms with van der Waals surface area (Å²) in [5, 5.41) is 0.0562. The molecule has 1 aliphatic heterocycles. The quantitative estimate of drug-likeness (QED) is 0.524. The first-order valence-corrected chi connectivity index (χ1v) is 8.40. The Morgan fingerprint density at radius 3 is 2.50 bits per heavy atom. The lowest BCUT2D eigenvalue weighted by atomic mass is 10.1. The fourth-order valence-electron chi connectivity index (χ4n) is 2.15. The van der Waals surface area contributed by atoms with Gasteiger partial charge in [-0.15, -0.1) is 0 Å². The number of para-hydroxylation sites is 1. The van der Waals surface area contributed by atoms with Gasteiger partial charge in [0.1, 0.15) is 21.3 Å². The van der Waals surface area contributed by atoms with Crippen LogP contribution in [0.2, 0.25) is 0 Å². The summed E-state index contributed by atoms with van der Waals surface area (Å²) in [6.45, 7) is 0. The number of alkyl halides is 1. The van der Waals surface area contributed by atoms with Gasteiger partial charge in [0.05, 0.1) is 5.33 Å². The van der Waals surface area contributed by atoms with Crippen molar-refractivity contribution >= 4 is 31.6 Å². The largest absolute Gasteiger partial charge is 0.455 e. The number of Topliss-reactive ketones (excluding diaryl/α,β-unsaturated/α-hetero) is 1. The molecule has 20 heavy (non-hydrogen) atoms. The van der Waals surface area contributed by atoms with E-state index in [1.54, 1.807) is 30.3 Å². The number of carbonyl (C=O) groups is 1. The minimum atomic E-state index is -3.75. The maximum absolute atomic E-state index is 12.7. The van der Waals surface area contributed by atoms with Gasteiger partial charge in [-0.2, -0.15) is 0 Å². The molecule has 3 rings (SSSR count). The fraction of sp³-hybridized carbons (Fsp3) is 0.0714. The Balaban J connectivity index is 2.34. The Bertz CT molecular complexity index is 812. The minimum absolute atomic E-state index is 0.0526. The Labute approximate surface area is 124 Å². The van der Waals surface area contributed by atoms with Crippen molar-refractivity contribution in [1.29, 1.82) is 0 Å². The zero-order valence-corrected chi connectivity index (χ0v) is 12.6. The van der Waals surface area contributed by atoms with Crippen molar-refractivity contribution in [2.75, 3.05) is 5.33 Å². The van der Waals surface area contributed by atoms with Crippen LogP contribution in [-0.2, 0) is 9.84 Å². The number of halogens is 1. The molecule has 2 aromatic carbocycles. The van der Waals surface area contributed by atoms with E-state index in [4.69, 9.17) is 4.74 Å². The molecular formula is C14H9BrO4S. The second kappa shape index (κ2) is 4.71. The summed E-state index contributed by atoms with van der Waals surface area (Å²) in [5.41, 5.74) is 0.147. The third-order valence-corrected chi connectivity index (χ3v) is 5.41. The number of ketones is 1. The molecule has 0 unspecified atom stereocenters. The van der Waals surface area contributed by atoms with Crippen LogP contribution in [0.1, 0.15) is 10.4 Å². The lowest BCUT2D eigenvalue weighted by Gasteiger charge is -2.21. The molecule has 102 valence electrons. The van der Waals surface area contributed by atoms with Crippen LogP contribution in [0.5, 0.6) is 11.5 Å². The summed E-state index contributed by atoms with van der Waals surface area (Å²) in [5.74, 6) is 0.173. The third kappa shape index (κ3) is 1.87. The molecule has 4 nitrogen and oxygen atoms in total. The lowest BCUT2D eigenvalue weighted by Crippen LogP contribution is -2.16. The minimum Gasteiger partial charge on any atom is -0.455 e. The number of carbonyl (C=O) groups excluding carboxylic acids is 1. The van der Waals surface area contributed by atoms with E-state index in [0.29, 0.717) is 0 Å². The second-order valence-corrected chi connectivity index (χ2v) is 6.66. The predicted octanol–water partition coefficient (Wildman–Crippen LogP) is 3.20. The first-order chi connectivity index (χ1) is 9.55. The van der Waals surface area contributed by atoms with Crippen LogP contribution in [0, 0.1) is 0 Å². The molecule has 2 aromatic rings. The zero-order valence-electron chi connectivity index (χ0n) is 10.2. The number of rotatable bonds is 2. The first-order valence-electron chi connectivity index (χ1n) is 5.80.